The number of carbonyl (C=O) groups is 1. The molecule has 16 heavy (non-hydrogen) atoms. The summed E-state index contributed by atoms with van der Waals surface area (Å²) in [5.74, 6) is -0.517. The van der Waals surface area contributed by atoms with Crippen molar-refractivity contribution in [2.45, 2.75) is 13.3 Å². The first kappa shape index (κ1) is 12.4. The molecule has 2 N–H and O–H groups in total. The minimum Gasteiger partial charge on any atom is -0.478 e. The maximum absolute atomic E-state index is 11.0. The minimum atomic E-state index is -0.981. The number of hydrogen-bond acceptors (Lipinski definition) is 4. The lowest BCUT2D eigenvalue weighted by Gasteiger charge is -2.22. The highest BCUT2D eigenvalue weighted by Gasteiger charge is 2.15. The number of rotatable bonds is 6. The van der Waals surface area contributed by atoms with Crippen LogP contribution < -0.4 is 4.90 Å². The summed E-state index contributed by atoms with van der Waals surface area (Å²) in [6, 6.07) is 3.14. The molecule has 0 radical (unpaired) electrons. The number of aromatic carboxylic acids is 1. The van der Waals surface area contributed by atoms with Crippen molar-refractivity contribution in [3.63, 3.8) is 0 Å². The molecule has 5 heteroatoms. The first-order valence-electron chi connectivity index (χ1n) is 5.24. The van der Waals surface area contributed by atoms with Crippen molar-refractivity contribution in [3.05, 3.63) is 23.9 Å². The quantitative estimate of drug-likeness (QED) is 0.753. The number of aliphatic hydroxyl groups is 1. The number of aromatic nitrogens is 1. The molecule has 0 aliphatic rings. The van der Waals surface area contributed by atoms with Crippen LogP contribution in [0.4, 0.5) is 5.82 Å². The molecule has 1 aromatic heterocycles. The normalized spacial score (nSPS) is 10.1. The summed E-state index contributed by atoms with van der Waals surface area (Å²) in [6.07, 6.45) is 2.17. The molecule has 0 spiro atoms. The third kappa shape index (κ3) is 2.93. The Balaban J connectivity index is 2.94. The lowest BCUT2D eigenvalue weighted by molar-refractivity contribution is 0.0697. The monoisotopic (exact) mass is 224 g/mol. The van der Waals surface area contributed by atoms with Gasteiger partial charge in [0.25, 0.3) is 0 Å². The molecule has 0 amide bonds. The molecule has 0 bridgehead atoms. The molecule has 0 saturated carbocycles. The van der Waals surface area contributed by atoms with Gasteiger partial charge in [0.2, 0.25) is 0 Å². The van der Waals surface area contributed by atoms with Crippen LogP contribution in [-0.2, 0) is 0 Å². The number of aliphatic hydroxyl groups excluding tert-OH is 1. The molecular formula is C11H16N2O3. The van der Waals surface area contributed by atoms with E-state index in [-0.39, 0.29) is 12.2 Å². The Morgan fingerprint density at radius 3 is 2.88 bits per heavy atom. The van der Waals surface area contributed by atoms with Crippen LogP contribution in [0.3, 0.4) is 0 Å². The summed E-state index contributed by atoms with van der Waals surface area (Å²) in [7, 11) is 0. The maximum atomic E-state index is 11.0. The van der Waals surface area contributed by atoms with Crippen molar-refractivity contribution < 1.29 is 15.0 Å². The predicted octanol–water partition coefficient (Wildman–Crippen LogP) is 0.989. The van der Waals surface area contributed by atoms with Crippen molar-refractivity contribution in [2.75, 3.05) is 24.6 Å². The van der Waals surface area contributed by atoms with Crippen molar-refractivity contribution in [1.29, 1.82) is 0 Å². The smallest absolute Gasteiger partial charge is 0.339 e. The highest BCUT2D eigenvalue weighted by Crippen LogP contribution is 2.17. The zero-order chi connectivity index (χ0) is 12.0. The van der Waals surface area contributed by atoms with E-state index in [2.05, 4.69) is 4.98 Å². The average Bonchev–Trinajstić information content (AvgIpc) is 2.30. The lowest BCUT2D eigenvalue weighted by atomic mass is 10.2. The highest BCUT2D eigenvalue weighted by molar-refractivity contribution is 5.93. The third-order valence-electron chi connectivity index (χ3n) is 2.28. The fourth-order valence-electron chi connectivity index (χ4n) is 1.49. The van der Waals surface area contributed by atoms with E-state index in [1.807, 2.05) is 11.8 Å². The van der Waals surface area contributed by atoms with Gasteiger partial charge < -0.3 is 15.1 Å². The Bertz CT molecular complexity index is 355. The minimum absolute atomic E-state index is 0.0890. The van der Waals surface area contributed by atoms with Crippen LogP contribution in [0.1, 0.15) is 23.7 Å². The first-order chi connectivity index (χ1) is 7.70. The van der Waals surface area contributed by atoms with E-state index in [1.165, 1.54) is 6.07 Å². The summed E-state index contributed by atoms with van der Waals surface area (Å²) in [4.78, 5) is 16.9. The van der Waals surface area contributed by atoms with Crippen molar-refractivity contribution in [2.24, 2.45) is 0 Å². The summed E-state index contributed by atoms with van der Waals surface area (Å²) < 4.78 is 0. The van der Waals surface area contributed by atoms with Crippen LogP contribution in [0.15, 0.2) is 18.3 Å². The number of hydrogen-bond donors (Lipinski definition) is 2. The van der Waals surface area contributed by atoms with E-state index in [1.54, 1.807) is 12.3 Å². The van der Waals surface area contributed by atoms with Gasteiger partial charge in [0.1, 0.15) is 11.4 Å². The molecule has 0 unspecified atom stereocenters. The van der Waals surface area contributed by atoms with E-state index in [9.17, 15) is 4.79 Å². The number of carboxylic acid groups (broad SMARTS) is 1. The van der Waals surface area contributed by atoms with Crippen LogP contribution in [0.5, 0.6) is 0 Å². The molecule has 0 saturated heterocycles. The number of anilines is 1. The maximum Gasteiger partial charge on any atom is 0.339 e. The van der Waals surface area contributed by atoms with Crippen molar-refractivity contribution >= 4 is 11.8 Å². The summed E-state index contributed by atoms with van der Waals surface area (Å²) in [5.41, 5.74) is 0.197. The molecule has 0 atom stereocenters. The van der Waals surface area contributed by atoms with Crippen LogP contribution >= 0.6 is 0 Å². The van der Waals surface area contributed by atoms with E-state index < -0.39 is 5.97 Å². The molecule has 0 aliphatic carbocycles. The SMILES string of the molecule is CCN(CCCO)c1ncccc1C(=O)O. The molecular weight excluding hydrogens is 208 g/mol. The first-order valence-corrected chi connectivity index (χ1v) is 5.24. The van der Waals surface area contributed by atoms with Gasteiger partial charge in [-0.2, -0.15) is 0 Å². The summed E-state index contributed by atoms with van der Waals surface area (Å²) in [5, 5.41) is 17.8. The number of pyridine rings is 1. The van der Waals surface area contributed by atoms with Crippen molar-refractivity contribution in [1.82, 2.24) is 4.98 Å². The van der Waals surface area contributed by atoms with E-state index in [4.69, 9.17) is 10.2 Å². The topological polar surface area (TPSA) is 73.7 Å². The predicted molar refractivity (Wildman–Crippen MR) is 60.8 cm³/mol. The Hall–Kier alpha value is -1.62. The van der Waals surface area contributed by atoms with E-state index in [0.717, 1.165) is 0 Å². The van der Waals surface area contributed by atoms with Gasteiger partial charge in [-0.05, 0) is 25.5 Å². The Morgan fingerprint density at radius 2 is 2.31 bits per heavy atom. The largest absolute Gasteiger partial charge is 0.478 e. The Kier molecular flexibility index (Phi) is 4.72. The molecule has 5 nitrogen and oxygen atoms in total. The van der Waals surface area contributed by atoms with E-state index in [0.29, 0.717) is 25.3 Å². The van der Waals surface area contributed by atoms with Gasteiger partial charge in [-0.3, -0.25) is 0 Å². The zero-order valence-electron chi connectivity index (χ0n) is 9.26. The summed E-state index contributed by atoms with van der Waals surface area (Å²) in [6.45, 7) is 3.28. The molecule has 1 aromatic rings. The number of nitrogens with zero attached hydrogens (tertiary/aromatic N) is 2. The molecule has 0 fully saturated rings. The van der Waals surface area contributed by atoms with Gasteiger partial charge in [0.05, 0.1) is 0 Å². The molecule has 88 valence electrons. The van der Waals surface area contributed by atoms with Crippen molar-refractivity contribution in [3.8, 4) is 0 Å². The zero-order valence-corrected chi connectivity index (χ0v) is 9.26. The Labute approximate surface area is 94.4 Å². The van der Waals surface area contributed by atoms with Gasteiger partial charge in [0, 0.05) is 25.9 Å². The summed E-state index contributed by atoms with van der Waals surface area (Å²) >= 11 is 0. The van der Waals surface area contributed by atoms with Crippen LogP contribution in [0, 0.1) is 0 Å². The molecule has 0 aromatic carbocycles. The van der Waals surface area contributed by atoms with E-state index >= 15 is 0 Å². The van der Waals surface area contributed by atoms with Gasteiger partial charge >= 0.3 is 5.97 Å². The molecule has 1 rings (SSSR count). The number of carboxylic acids is 1. The highest BCUT2D eigenvalue weighted by atomic mass is 16.4. The standard InChI is InChI=1S/C11H16N2O3/c1-2-13(7-4-8-14)10-9(11(15)16)5-3-6-12-10/h3,5-6,14H,2,4,7-8H2,1H3,(H,15,16). The molecule has 1 heterocycles. The second-order valence-corrected chi connectivity index (χ2v) is 3.34. The van der Waals surface area contributed by atoms with Crippen LogP contribution in [-0.4, -0.2) is 40.9 Å². The second kappa shape index (κ2) is 6.07. The Morgan fingerprint density at radius 1 is 1.56 bits per heavy atom. The van der Waals surface area contributed by atoms with Crippen LogP contribution in [0.25, 0.3) is 0 Å². The molecule has 0 aliphatic heterocycles. The average molecular weight is 224 g/mol. The third-order valence-corrected chi connectivity index (χ3v) is 2.28. The van der Waals surface area contributed by atoms with Gasteiger partial charge in [-0.25, -0.2) is 9.78 Å². The van der Waals surface area contributed by atoms with Gasteiger partial charge in [-0.1, -0.05) is 0 Å². The lowest BCUT2D eigenvalue weighted by Crippen LogP contribution is -2.27. The fraction of sp³-hybridized carbons (Fsp3) is 0.455. The van der Waals surface area contributed by atoms with Crippen LogP contribution in [0.2, 0.25) is 0 Å². The van der Waals surface area contributed by atoms with Gasteiger partial charge in [-0.15, -0.1) is 0 Å². The second-order valence-electron chi connectivity index (χ2n) is 3.34. The van der Waals surface area contributed by atoms with Gasteiger partial charge in [0.15, 0.2) is 0 Å². The fourth-order valence-corrected chi connectivity index (χ4v) is 1.49.